The highest BCUT2D eigenvalue weighted by molar-refractivity contribution is 5.88. The van der Waals surface area contributed by atoms with E-state index in [1.165, 1.54) is 6.33 Å². The van der Waals surface area contributed by atoms with Gasteiger partial charge in [-0.2, -0.15) is 13.2 Å². The molecular formula is C13H14F3N3O. The van der Waals surface area contributed by atoms with Crippen molar-refractivity contribution in [3.05, 3.63) is 24.0 Å². The molecule has 1 aliphatic rings. The Kier molecular flexibility index (Phi) is 3.08. The van der Waals surface area contributed by atoms with Gasteiger partial charge in [-0.05, 0) is 25.0 Å². The number of nitrogen functional groups attached to an aromatic ring is 1. The van der Waals surface area contributed by atoms with E-state index in [0.29, 0.717) is 12.1 Å². The minimum absolute atomic E-state index is 0.0779. The van der Waals surface area contributed by atoms with E-state index in [1.807, 2.05) is 0 Å². The average Bonchev–Trinajstić information content (AvgIpc) is 2.98. The second-order valence-electron chi connectivity index (χ2n) is 4.96. The molecule has 1 unspecified atom stereocenters. The van der Waals surface area contributed by atoms with Crippen LogP contribution in [0.2, 0.25) is 0 Å². The Labute approximate surface area is 113 Å². The van der Waals surface area contributed by atoms with Crippen molar-refractivity contribution >= 4 is 16.7 Å². The number of fused-ring (bicyclic) bond motifs is 1. The third kappa shape index (κ3) is 2.33. The van der Waals surface area contributed by atoms with Gasteiger partial charge in [0, 0.05) is 6.61 Å². The molecule has 2 heterocycles. The summed E-state index contributed by atoms with van der Waals surface area (Å²) in [6.07, 6.45) is -0.872. The van der Waals surface area contributed by atoms with Gasteiger partial charge < -0.3 is 15.0 Å². The van der Waals surface area contributed by atoms with Crippen LogP contribution in [0.4, 0.5) is 18.9 Å². The highest BCUT2D eigenvalue weighted by atomic mass is 19.4. The SMILES string of the molecule is Nc1cc(C(F)(F)F)cc2ncn(CC3CCCO3)c12. The summed E-state index contributed by atoms with van der Waals surface area (Å²) in [5.41, 5.74) is 5.88. The molecule has 1 fully saturated rings. The molecule has 2 N–H and O–H groups in total. The summed E-state index contributed by atoms with van der Waals surface area (Å²) in [6.45, 7) is 1.29. The molecule has 1 saturated heterocycles. The van der Waals surface area contributed by atoms with E-state index in [1.54, 1.807) is 4.57 Å². The number of halogens is 3. The average molecular weight is 285 g/mol. The van der Waals surface area contributed by atoms with Gasteiger partial charge in [-0.25, -0.2) is 4.98 Å². The van der Waals surface area contributed by atoms with E-state index in [-0.39, 0.29) is 17.3 Å². The molecule has 3 rings (SSSR count). The molecular weight excluding hydrogens is 271 g/mol. The molecule has 7 heteroatoms. The van der Waals surface area contributed by atoms with Gasteiger partial charge in [-0.3, -0.25) is 0 Å². The molecule has 1 atom stereocenters. The molecule has 0 bridgehead atoms. The Morgan fingerprint density at radius 2 is 2.20 bits per heavy atom. The summed E-state index contributed by atoms with van der Waals surface area (Å²) in [4.78, 5) is 4.02. The lowest BCUT2D eigenvalue weighted by Crippen LogP contribution is -2.14. The van der Waals surface area contributed by atoms with Crippen LogP contribution in [0.3, 0.4) is 0 Å². The van der Waals surface area contributed by atoms with Crippen molar-refractivity contribution in [3.63, 3.8) is 0 Å². The smallest absolute Gasteiger partial charge is 0.397 e. The lowest BCUT2D eigenvalue weighted by Gasteiger charge is -2.13. The van der Waals surface area contributed by atoms with E-state index in [4.69, 9.17) is 10.5 Å². The number of ether oxygens (including phenoxy) is 1. The maximum Gasteiger partial charge on any atom is 0.416 e. The van der Waals surface area contributed by atoms with Crippen molar-refractivity contribution < 1.29 is 17.9 Å². The van der Waals surface area contributed by atoms with Gasteiger partial charge in [0.05, 0.1) is 41.3 Å². The normalized spacial score (nSPS) is 19.9. The topological polar surface area (TPSA) is 53.1 Å². The van der Waals surface area contributed by atoms with Gasteiger partial charge in [0.25, 0.3) is 0 Å². The number of hydrogen-bond acceptors (Lipinski definition) is 3. The Bertz CT molecular complexity index is 630. The fourth-order valence-corrected chi connectivity index (χ4v) is 2.55. The molecule has 0 spiro atoms. The number of anilines is 1. The van der Waals surface area contributed by atoms with Crippen LogP contribution < -0.4 is 5.73 Å². The van der Waals surface area contributed by atoms with Gasteiger partial charge in [0.15, 0.2) is 0 Å². The monoisotopic (exact) mass is 285 g/mol. The highest BCUT2D eigenvalue weighted by Gasteiger charge is 2.32. The van der Waals surface area contributed by atoms with Crippen molar-refractivity contribution in [1.29, 1.82) is 0 Å². The number of hydrogen-bond donors (Lipinski definition) is 1. The first-order valence-corrected chi connectivity index (χ1v) is 6.38. The number of aromatic nitrogens is 2. The highest BCUT2D eigenvalue weighted by Crippen LogP contribution is 2.34. The van der Waals surface area contributed by atoms with Gasteiger partial charge in [-0.15, -0.1) is 0 Å². The van der Waals surface area contributed by atoms with Gasteiger partial charge in [-0.1, -0.05) is 0 Å². The first-order chi connectivity index (χ1) is 9.45. The Balaban J connectivity index is 1.99. The third-order valence-corrected chi connectivity index (χ3v) is 3.49. The van der Waals surface area contributed by atoms with E-state index < -0.39 is 11.7 Å². The number of nitrogens with two attached hydrogens (primary N) is 1. The maximum atomic E-state index is 12.7. The Morgan fingerprint density at radius 3 is 2.85 bits per heavy atom. The third-order valence-electron chi connectivity index (χ3n) is 3.49. The molecule has 1 aromatic heterocycles. The van der Waals surface area contributed by atoms with E-state index in [9.17, 15) is 13.2 Å². The zero-order chi connectivity index (χ0) is 14.3. The van der Waals surface area contributed by atoms with E-state index >= 15 is 0 Å². The number of nitrogens with zero attached hydrogens (tertiary/aromatic N) is 2. The molecule has 0 amide bonds. The Hall–Kier alpha value is -1.76. The molecule has 0 radical (unpaired) electrons. The minimum Gasteiger partial charge on any atom is -0.397 e. The van der Waals surface area contributed by atoms with Crippen LogP contribution in [0.5, 0.6) is 0 Å². The summed E-state index contributed by atoms with van der Waals surface area (Å²) in [6, 6.07) is 1.98. The number of imidazole rings is 1. The number of benzene rings is 1. The van der Waals surface area contributed by atoms with E-state index in [2.05, 4.69) is 4.98 Å². The molecule has 1 aromatic carbocycles. The molecule has 108 valence electrons. The molecule has 4 nitrogen and oxygen atoms in total. The van der Waals surface area contributed by atoms with Crippen LogP contribution >= 0.6 is 0 Å². The zero-order valence-electron chi connectivity index (χ0n) is 10.7. The summed E-state index contributed by atoms with van der Waals surface area (Å²) < 4.78 is 45.4. The van der Waals surface area contributed by atoms with Crippen molar-refractivity contribution in [2.45, 2.75) is 31.7 Å². The zero-order valence-corrected chi connectivity index (χ0v) is 10.7. The molecule has 1 aliphatic heterocycles. The molecule has 0 saturated carbocycles. The maximum absolute atomic E-state index is 12.7. The van der Waals surface area contributed by atoms with Crippen LogP contribution in [0.15, 0.2) is 18.5 Å². The lowest BCUT2D eigenvalue weighted by molar-refractivity contribution is -0.137. The number of alkyl halides is 3. The largest absolute Gasteiger partial charge is 0.416 e. The van der Waals surface area contributed by atoms with Crippen LogP contribution in [-0.2, 0) is 17.5 Å². The number of rotatable bonds is 2. The van der Waals surface area contributed by atoms with E-state index in [0.717, 1.165) is 31.6 Å². The van der Waals surface area contributed by atoms with Crippen molar-refractivity contribution in [2.75, 3.05) is 12.3 Å². The summed E-state index contributed by atoms with van der Waals surface area (Å²) in [5.74, 6) is 0. The first-order valence-electron chi connectivity index (χ1n) is 6.38. The molecule has 20 heavy (non-hydrogen) atoms. The summed E-state index contributed by atoms with van der Waals surface area (Å²) in [5, 5.41) is 0. The fourth-order valence-electron chi connectivity index (χ4n) is 2.55. The summed E-state index contributed by atoms with van der Waals surface area (Å²) >= 11 is 0. The first kappa shape index (κ1) is 13.2. The lowest BCUT2D eigenvalue weighted by atomic mass is 10.1. The standard InChI is InChI=1S/C13H14F3N3O/c14-13(15,16)8-4-10(17)12-11(5-8)18-7-19(12)6-9-2-1-3-20-9/h4-5,7,9H,1-3,6,17H2. The quantitative estimate of drug-likeness (QED) is 0.863. The van der Waals surface area contributed by atoms with Crippen LogP contribution in [-0.4, -0.2) is 22.3 Å². The van der Waals surface area contributed by atoms with Gasteiger partial charge in [0.2, 0.25) is 0 Å². The Morgan fingerprint density at radius 1 is 1.40 bits per heavy atom. The minimum atomic E-state index is -4.42. The second-order valence-corrected chi connectivity index (χ2v) is 4.96. The predicted molar refractivity (Wildman–Crippen MR) is 68.1 cm³/mol. The van der Waals surface area contributed by atoms with Crippen molar-refractivity contribution in [2.24, 2.45) is 0 Å². The van der Waals surface area contributed by atoms with Gasteiger partial charge in [0.1, 0.15) is 0 Å². The van der Waals surface area contributed by atoms with Crippen molar-refractivity contribution in [1.82, 2.24) is 9.55 Å². The van der Waals surface area contributed by atoms with Gasteiger partial charge >= 0.3 is 6.18 Å². The van der Waals surface area contributed by atoms with Crippen LogP contribution in [0, 0.1) is 0 Å². The van der Waals surface area contributed by atoms with Crippen LogP contribution in [0.1, 0.15) is 18.4 Å². The molecule has 2 aromatic rings. The predicted octanol–water partition coefficient (Wildman–Crippen LogP) is 2.82. The fraction of sp³-hybridized carbons (Fsp3) is 0.462. The molecule has 0 aliphatic carbocycles. The second kappa shape index (κ2) is 4.66. The van der Waals surface area contributed by atoms with Crippen molar-refractivity contribution in [3.8, 4) is 0 Å². The van der Waals surface area contributed by atoms with Crippen LogP contribution in [0.25, 0.3) is 11.0 Å². The summed E-state index contributed by atoms with van der Waals surface area (Å²) in [7, 11) is 0.